The number of carbonyl (C=O) groups excluding carboxylic acids is 2. The topological polar surface area (TPSA) is 106 Å². The van der Waals surface area contributed by atoms with Crippen LogP contribution in [-0.4, -0.2) is 32.3 Å². The number of imide groups is 1. The minimum atomic E-state index is -4.05. The molecule has 2 aromatic carbocycles. The predicted molar refractivity (Wildman–Crippen MR) is 129 cm³/mol. The van der Waals surface area contributed by atoms with Crippen LogP contribution in [0.3, 0.4) is 0 Å². The molecular weight excluding hydrogens is 478 g/mol. The summed E-state index contributed by atoms with van der Waals surface area (Å²) < 4.78 is 33.7. The second-order valence-corrected chi connectivity index (χ2v) is 10.8. The van der Waals surface area contributed by atoms with Crippen LogP contribution in [0.2, 0.25) is 5.02 Å². The number of carbonyl (C=O) groups is 2. The first-order chi connectivity index (χ1) is 15.9. The van der Waals surface area contributed by atoms with Crippen molar-refractivity contribution in [2.24, 2.45) is 0 Å². The van der Waals surface area contributed by atoms with E-state index in [9.17, 15) is 18.0 Å². The molecule has 4 rings (SSSR count). The number of pyridine rings is 1. The van der Waals surface area contributed by atoms with Crippen molar-refractivity contribution in [2.75, 3.05) is 16.7 Å². The van der Waals surface area contributed by atoms with Gasteiger partial charge >= 0.3 is 0 Å². The van der Waals surface area contributed by atoms with Gasteiger partial charge in [0.05, 0.1) is 51.9 Å². The zero-order chi connectivity index (χ0) is 24.8. The molecule has 34 heavy (non-hydrogen) atoms. The molecule has 2 amide bonds. The van der Waals surface area contributed by atoms with Gasteiger partial charge in [-0.25, -0.2) is 13.3 Å². The largest absolute Gasteiger partial charge is 0.495 e. The molecule has 0 radical (unpaired) electrons. The summed E-state index contributed by atoms with van der Waals surface area (Å²) in [5.74, 6) is -1.06. The molecule has 0 fully saturated rings. The lowest BCUT2D eigenvalue weighted by molar-refractivity contribution is 0.0926. The highest BCUT2D eigenvalue weighted by Crippen LogP contribution is 2.38. The maximum atomic E-state index is 13.3. The Bertz CT molecular complexity index is 1410. The summed E-state index contributed by atoms with van der Waals surface area (Å²) in [6, 6.07) is 10.7. The van der Waals surface area contributed by atoms with Gasteiger partial charge in [0.15, 0.2) is 0 Å². The highest BCUT2D eigenvalue weighted by molar-refractivity contribution is 7.92. The number of aromatic nitrogens is 1. The maximum absolute atomic E-state index is 13.3. The van der Waals surface area contributed by atoms with Gasteiger partial charge in [-0.15, -0.1) is 0 Å². The molecule has 10 heteroatoms. The molecule has 0 spiro atoms. The van der Waals surface area contributed by atoms with Crippen molar-refractivity contribution < 1.29 is 22.7 Å². The number of rotatable bonds is 5. The number of hydrogen-bond donors (Lipinski definition) is 1. The Morgan fingerprint density at radius 3 is 2.24 bits per heavy atom. The average Bonchev–Trinajstić information content (AvgIpc) is 3.06. The van der Waals surface area contributed by atoms with Gasteiger partial charge in [-0.2, -0.15) is 0 Å². The fraction of sp³-hybridized carbons (Fsp3) is 0.208. The van der Waals surface area contributed by atoms with Crippen LogP contribution in [0.25, 0.3) is 0 Å². The lowest BCUT2D eigenvalue weighted by Gasteiger charge is -2.19. The first-order valence-electron chi connectivity index (χ1n) is 10.3. The predicted octanol–water partition coefficient (Wildman–Crippen LogP) is 4.64. The molecule has 8 nitrogen and oxygen atoms in total. The van der Waals surface area contributed by atoms with Crippen LogP contribution >= 0.6 is 11.6 Å². The van der Waals surface area contributed by atoms with Crippen molar-refractivity contribution in [3.8, 4) is 5.75 Å². The summed E-state index contributed by atoms with van der Waals surface area (Å²) in [4.78, 5) is 31.3. The fourth-order valence-electron chi connectivity index (χ4n) is 3.62. The second-order valence-electron chi connectivity index (χ2n) is 8.75. The normalized spacial score (nSPS) is 13.7. The number of benzene rings is 2. The van der Waals surface area contributed by atoms with Gasteiger partial charge in [-0.05, 0) is 35.2 Å². The number of anilines is 2. The van der Waals surface area contributed by atoms with E-state index in [1.54, 1.807) is 12.1 Å². The summed E-state index contributed by atoms with van der Waals surface area (Å²) in [5, 5.41) is 0.0317. The van der Waals surface area contributed by atoms with E-state index in [1.807, 2.05) is 20.8 Å². The number of ether oxygens (including phenoxy) is 1. The molecule has 1 aromatic heterocycles. The van der Waals surface area contributed by atoms with E-state index in [1.165, 1.54) is 49.8 Å². The van der Waals surface area contributed by atoms with E-state index in [4.69, 9.17) is 16.3 Å². The third kappa shape index (κ3) is 4.12. The SMILES string of the molecule is COc1cncc(N2C(=O)c3c(Cl)ccc(NS(=O)(=O)c4ccc(C(C)(C)C)cc4)c3C2=O)c1. The molecular formula is C24H22ClN3O5S. The van der Waals surface area contributed by atoms with Gasteiger partial charge in [0, 0.05) is 6.07 Å². The molecule has 1 N–H and O–H groups in total. The third-order valence-electron chi connectivity index (χ3n) is 5.46. The van der Waals surface area contributed by atoms with Crippen LogP contribution in [0.15, 0.2) is 59.8 Å². The highest BCUT2D eigenvalue weighted by Gasteiger charge is 2.41. The minimum Gasteiger partial charge on any atom is -0.495 e. The molecule has 2 heterocycles. The van der Waals surface area contributed by atoms with E-state index < -0.39 is 21.8 Å². The molecule has 0 bridgehead atoms. The number of halogens is 1. The van der Waals surface area contributed by atoms with Gasteiger partial charge in [0.25, 0.3) is 21.8 Å². The number of nitrogens with zero attached hydrogens (tertiary/aromatic N) is 2. The van der Waals surface area contributed by atoms with E-state index in [0.29, 0.717) is 5.75 Å². The Hall–Kier alpha value is -3.43. The van der Waals surface area contributed by atoms with Crippen molar-refractivity contribution in [2.45, 2.75) is 31.1 Å². The Labute approximate surface area is 202 Å². The standard InChI is InChI=1S/C24H22ClN3O5S/c1-24(2,3)14-5-7-17(8-6-14)34(31,32)27-19-10-9-18(25)20-21(19)23(30)28(22(20)29)15-11-16(33-4)13-26-12-15/h5-13,27H,1-4H3. The van der Waals surface area contributed by atoms with Crippen molar-refractivity contribution in [3.05, 3.63) is 76.6 Å². The van der Waals surface area contributed by atoms with E-state index in [-0.39, 0.29) is 37.8 Å². The van der Waals surface area contributed by atoms with E-state index in [0.717, 1.165) is 10.5 Å². The molecule has 176 valence electrons. The van der Waals surface area contributed by atoms with Crippen molar-refractivity contribution in [1.29, 1.82) is 0 Å². The van der Waals surface area contributed by atoms with Crippen LogP contribution in [-0.2, 0) is 15.4 Å². The van der Waals surface area contributed by atoms with Gasteiger partial charge in [0.2, 0.25) is 0 Å². The number of fused-ring (bicyclic) bond motifs is 1. The number of hydrogen-bond acceptors (Lipinski definition) is 6. The summed E-state index contributed by atoms with van der Waals surface area (Å²) in [7, 11) is -2.62. The maximum Gasteiger partial charge on any atom is 0.268 e. The summed E-state index contributed by atoms with van der Waals surface area (Å²) in [6.07, 6.45) is 2.76. The molecule has 0 saturated carbocycles. The van der Waals surface area contributed by atoms with Gasteiger partial charge < -0.3 is 4.74 Å². The highest BCUT2D eigenvalue weighted by atomic mass is 35.5. The number of amides is 2. The minimum absolute atomic E-state index is 0.0230. The molecule has 0 saturated heterocycles. The zero-order valence-corrected chi connectivity index (χ0v) is 20.5. The quantitative estimate of drug-likeness (QED) is 0.512. The molecule has 0 atom stereocenters. The van der Waals surface area contributed by atoms with E-state index in [2.05, 4.69) is 9.71 Å². The lowest BCUT2D eigenvalue weighted by Crippen LogP contribution is -2.29. The Morgan fingerprint density at radius 1 is 0.971 bits per heavy atom. The monoisotopic (exact) mass is 499 g/mol. The molecule has 1 aliphatic heterocycles. The van der Waals surface area contributed by atoms with Crippen molar-refractivity contribution in [3.63, 3.8) is 0 Å². The lowest BCUT2D eigenvalue weighted by atomic mass is 9.87. The van der Waals surface area contributed by atoms with Crippen LogP contribution in [0.5, 0.6) is 5.75 Å². The Balaban J connectivity index is 1.73. The van der Waals surface area contributed by atoms with Crippen molar-refractivity contribution >= 4 is 44.8 Å². The Morgan fingerprint density at radius 2 is 1.62 bits per heavy atom. The molecule has 1 aliphatic rings. The summed E-state index contributed by atoms with van der Waals surface area (Å²) in [6.45, 7) is 6.08. The third-order valence-corrected chi connectivity index (χ3v) is 7.15. The summed E-state index contributed by atoms with van der Waals surface area (Å²) >= 11 is 6.24. The molecule has 0 aliphatic carbocycles. The number of nitrogens with one attached hydrogen (secondary N) is 1. The van der Waals surface area contributed by atoms with Crippen molar-refractivity contribution in [1.82, 2.24) is 4.98 Å². The Kier molecular flexibility index (Phi) is 5.87. The molecule has 0 unspecified atom stereocenters. The molecule has 3 aromatic rings. The summed E-state index contributed by atoms with van der Waals surface area (Å²) in [5.41, 5.74) is 0.747. The number of sulfonamides is 1. The van der Waals surface area contributed by atoms with Crippen LogP contribution in [0.1, 0.15) is 47.1 Å². The van der Waals surface area contributed by atoms with E-state index >= 15 is 0 Å². The average molecular weight is 500 g/mol. The van der Waals surface area contributed by atoms with Crippen LogP contribution in [0, 0.1) is 0 Å². The first-order valence-corrected chi connectivity index (χ1v) is 12.1. The second kappa shape index (κ2) is 8.41. The fourth-order valence-corrected chi connectivity index (χ4v) is 4.93. The smallest absolute Gasteiger partial charge is 0.268 e. The van der Waals surface area contributed by atoms with Crippen LogP contribution in [0.4, 0.5) is 11.4 Å². The van der Waals surface area contributed by atoms with Gasteiger partial charge in [0.1, 0.15) is 5.75 Å². The van der Waals surface area contributed by atoms with Crippen LogP contribution < -0.4 is 14.4 Å². The first kappa shape index (κ1) is 23.7. The number of methoxy groups -OCH3 is 1. The van der Waals surface area contributed by atoms with Gasteiger partial charge in [-0.1, -0.05) is 44.5 Å². The van der Waals surface area contributed by atoms with Gasteiger partial charge in [-0.3, -0.25) is 19.3 Å². The zero-order valence-electron chi connectivity index (χ0n) is 18.9.